The maximum atomic E-state index is 12.3. The molecule has 0 unspecified atom stereocenters. The van der Waals surface area contributed by atoms with Gasteiger partial charge in [-0.05, 0) is 36.3 Å². The van der Waals surface area contributed by atoms with E-state index in [0.717, 1.165) is 22.3 Å². The van der Waals surface area contributed by atoms with Gasteiger partial charge in [-0.25, -0.2) is 0 Å². The third-order valence-corrected chi connectivity index (χ3v) is 5.17. The number of hydrogen-bond donors (Lipinski definition) is 3. The van der Waals surface area contributed by atoms with Gasteiger partial charge in [0, 0.05) is 5.92 Å². The van der Waals surface area contributed by atoms with Crippen LogP contribution in [-0.4, -0.2) is 66.6 Å². The Morgan fingerprint density at radius 3 is 2.14 bits per heavy atom. The van der Waals surface area contributed by atoms with Crippen LogP contribution in [0.25, 0.3) is 11.1 Å². The van der Waals surface area contributed by atoms with E-state index in [1.165, 1.54) is 4.90 Å². The summed E-state index contributed by atoms with van der Waals surface area (Å²) in [6.07, 6.45) is -1.34. The number of carbonyl (C=O) groups excluding carboxylic acids is 1. The molecule has 0 bridgehead atoms. The third-order valence-electron chi connectivity index (χ3n) is 5.17. The average Bonchev–Trinajstić information content (AvgIpc) is 3.02. The minimum atomic E-state index is -1.06. The molecule has 2 atom stereocenters. The highest BCUT2D eigenvalue weighted by atomic mass is 16.5. The highest BCUT2D eigenvalue weighted by Crippen LogP contribution is 2.44. The van der Waals surface area contributed by atoms with Crippen LogP contribution in [0.2, 0.25) is 0 Å². The van der Waals surface area contributed by atoms with Gasteiger partial charge in [-0.3, -0.25) is 19.8 Å². The third kappa shape index (κ3) is 4.82. The molecule has 2 aromatic carbocycles. The Labute approximate surface area is 169 Å². The SMILES string of the molecule is CN(C)[C@@H](O)[C@H](CC(=O)O)NCC(=O)OCC1c2ccccc2-c2ccccc21. The summed E-state index contributed by atoms with van der Waals surface area (Å²) < 4.78 is 5.49. The summed E-state index contributed by atoms with van der Waals surface area (Å²) in [4.78, 5) is 24.8. The van der Waals surface area contributed by atoms with Crippen LogP contribution in [0.5, 0.6) is 0 Å². The first-order valence-corrected chi connectivity index (χ1v) is 9.52. The van der Waals surface area contributed by atoms with E-state index in [4.69, 9.17) is 9.84 Å². The number of nitrogens with zero attached hydrogens (tertiary/aromatic N) is 1. The molecule has 7 nitrogen and oxygen atoms in total. The zero-order valence-electron chi connectivity index (χ0n) is 16.5. The van der Waals surface area contributed by atoms with Crippen molar-refractivity contribution in [2.75, 3.05) is 27.2 Å². The highest BCUT2D eigenvalue weighted by Gasteiger charge is 2.29. The molecule has 7 heteroatoms. The molecule has 0 saturated carbocycles. The molecule has 0 amide bonds. The van der Waals surface area contributed by atoms with Gasteiger partial charge in [-0.1, -0.05) is 48.5 Å². The van der Waals surface area contributed by atoms with Gasteiger partial charge >= 0.3 is 11.9 Å². The van der Waals surface area contributed by atoms with Crippen molar-refractivity contribution in [3.63, 3.8) is 0 Å². The molecule has 0 saturated heterocycles. The summed E-state index contributed by atoms with van der Waals surface area (Å²) in [5.74, 6) is -1.59. The largest absolute Gasteiger partial charge is 0.481 e. The van der Waals surface area contributed by atoms with Gasteiger partial charge in [-0.15, -0.1) is 0 Å². The van der Waals surface area contributed by atoms with Crippen molar-refractivity contribution < 1.29 is 24.5 Å². The number of carbonyl (C=O) groups is 2. The molecule has 154 valence electrons. The highest BCUT2D eigenvalue weighted by molar-refractivity contribution is 5.79. The molecule has 0 aromatic heterocycles. The molecule has 0 heterocycles. The summed E-state index contributed by atoms with van der Waals surface area (Å²) >= 11 is 0. The Hall–Kier alpha value is -2.74. The van der Waals surface area contributed by atoms with E-state index in [1.807, 2.05) is 36.4 Å². The number of aliphatic hydroxyl groups excluding tert-OH is 1. The molecule has 1 aliphatic carbocycles. The summed E-state index contributed by atoms with van der Waals surface area (Å²) in [7, 11) is 3.27. The number of rotatable bonds is 9. The summed E-state index contributed by atoms with van der Waals surface area (Å²) in [5, 5.41) is 21.9. The first-order valence-electron chi connectivity index (χ1n) is 9.52. The molecule has 0 radical (unpaired) electrons. The Morgan fingerprint density at radius 1 is 1.07 bits per heavy atom. The van der Waals surface area contributed by atoms with Gasteiger partial charge in [0.2, 0.25) is 0 Å². The zero-order valence-corrected chi connectivity index (χ0v) is 16.5. The number of hydrogen-bond acceptors (Lipinski definition) is 6. The lowest BCUT2D eigenvalue weighted by molar-refractivity contribution is -0.145. The maximum Gasteiger partial charge on any atom is 0.319 e. The number of esters is 1. The van der Waals surface area contributed by atoms with E-state index in [-0.39, 0.29) is 25.5 Å². The van der Waals surface area contributed by atoms with Gasteiger partial charge in [0.15, 0.2) is 0 Å². The Morgan fingerprint density at radius 2 is 1.62 bits per heavy atom. The second kappa shape index (κ2) is 9.17. The normalized spacial score (nSPS) is 14.9. The molecule has 1 aliphatic rings. The molecule has 0 fully saturated rings. The lowest BCUT2D eigenvalue weighted by atomic mass is 9.98. The predicted octanol–water partition coefficient (Wildman–Crippen LogP) is 1.66. The fourth-order valence-corrected chi connectivity index (χ4v) is 3.71. The molecule has 0 spiro atoms. The fourth-order valence-electron chi connectivity index (χ4n) is 3.71. The molecular formula is C22H26N2O5. The van der Waals surface area contributed by atoms with E-state index < -0.39 is 24.2 Å². The van der Waals surface area contributed by atoms with Crippen LogP contribution in [0, 0.1) is 0 Å². The number of likely N-dealkylation sites (N-methyl/N-ethyl adjacent to an activating group) is 1. The number of nitrogens with one attached hydrogen (secondary N) is 1. The lowest BCUT2D eigenvalue weighted by Crippen LogP contribution is -2.50. The van der Waals surface area contributed by atoms with Crippen molar-refractivity contribution in [2.24, 2.45) is 0 Å². The average molecular weight is 398 g/mol. The van der Waals surface area contributed by atoms with Crippen LogP contribution >= 0.6 is 0 Å². The predicted molar refractivity (Wildman–Crippen MR) is 108 cm³/mol. The van der Waals surface area contributed by atoms with Crippen molar-refractivity contribution in [1.82, 2.24) is 10.2 Å². The summed E-state index contributed by atoms with van der Waals surface area (Å²) in [6, 6.07) is 15.4. The Balaban J connectivity index is 1.61. The second-order valence-corrected chi connectivity index (χ2v) is 7.37. The van der Waals surface area contributed by atoms with Crippen LogP contribution in [0.1, 0.15) is 23.5 Å². The number of fused-ring (bicyclic) bond motifs is 3. The monoisotopic (exact) mass is 398 g/mol. The zero-order chi connectivity index (χ0) is 21.0. The van der Waals surface area contributed by atoms with Crippen molar-refractivity contribution in [3.8, 4) is 11.1 Å². The smallest absolute Gasteiger partial charge is 0.319 e. The van der Waals surface area contributed by atoms with E-state index in [0.29, 0.717) is 0 Å². The number of aliphatic hydroxyl groups is 1. The van der Waals surface area contributed by atoms with Crippen LogP contribution < -0.4 is 5.32 Å². The fraction of sp³-hybridized carbons (Fsp3) is 0.364. The number of aliphatic carboxylic acids is 1. The molecule has 3 N–H and O–H groups in total. The van der Waals surface area contributed by atoms with Gasteiger partial charge in [-0.2, -0.15) is 0 Å². The number of carboxylic acid groups (broad SMARTS) is 1. The van der Waals surface area contributed by atoms with Crippen LogP contribution in [-0.2, 0) is 14.3 Å². The van der Waals surface area contributed by atoms with Crippen molar-refractivity contribution in [2.45, 2.75) is 24.6 Å². The Kier molecular flexibility index (Phi) is 6.64. The maximum absolute atomic E-state index is 12.3. The van der Waals surface area contributed by atoms with Gasteiger partial charge < -0.3 is 14.9 Å². The van der Waals surface area contributed by atoms with E-state index in [9.17, 15) is 14.7 Å². The minimum absolute atomic E-state index is 0.0338. The van der Waals surface area contributed by atoms with E-state index in [1.54, 1.807) is 14.1 Å². The van der Waals surface area contributed by atoms with Crippen molar-refractivity contribution in [3.05, 3.63) is 59.7 Å². The molecule has 2 aromatic rings. The van der Waals surface area contributed by atoms with Crippen molar-refractivity contribution in [1.29, 1.82) is 0 Å². The number of ether oxygens (including phenoxy) is 1. The van der Waals surface area contributed by atoms with E-state index in [2.05, 4.69) is 17.4 Å². The minimum Gasteiger partial charge on any atom is -0.481 e. The van der Waals surface area contributed by atoms with Crippen LogP contribution in [0.3, 0.4) is 0 Å². The van der Waals surface area contributed by atoms with Crippen LogP contribution in [0.4, 0.5) is 0 Å². The van der Waals surface area contributed by atoms with Gasteiger partial charge in [0.05, 0.1) is 19.0 Å². The van der Waals surface area contributed by atoms with Crippen molar-refractivity contribution >= 4 is 11.9 Å². The van der Waals surface area contributed by atoms with Gasteiger partial charge in [0.1, 0.15) is 12.8 Å². The quantitative estimate of drug-likeness (QED) is 0.436. The standard InChI is InChI=1S/C22H26N2O5/c1-24(2)22(28)19(11-20(25)26)23-12-21(27)29-13-18-16-9-5-3-7-14(16)15-8-4-6-10-17(15)18/h3-10,18-19,22-23,28H,11-13H2,1-2H3,(H,25,26)/t19-,22-/m0/s1. The topological polar surface area (TPSA) is 99.1 Å². The van der Waals surface area contributed by atoms with Crippen LogP contribution in [0.15, 0.2) is 48.5 Å². The number of benzene rings is 2. The second-order valence-electron chi connectivity index (χ2n) is 7.37. The molecule has 0 aliphatic heterocycles. The first-order chi connectivity index (χ1) is 13.9. The van der Waals surface area contributed by atoms with Gasteiger partial charge in [0.25, 0.3) is 0 Å². The number of carboxylic acids is 1. The molecule has 29 heavy (non-hydrogen) atoms. The molecule has 3 rings (SSSR count). The summed E-state index contributed by atoms with van der Waals surface area (Å²) in [6.45, 7) is 0.0211. The lowest BCUT2D eigenvalue weighted by Gasteiger charge is -2.27. The summed E-state index contributed by atoms with van der Waals surface area (Å²) in [5.41, 5.74) is 4.55. The Bertz CT molecular complexity index is 838. The molecular weight excluding hydrogens is 372 g/mol. The first kappa shape index (κ1) is 21.0. The van der Waals surface area contributed by atoms with E-state index >= 15 is 0 Å².